The second kappa shape index (κ2) is 13.9. The molecule has 2 aromatic rings. The molecule has 2 aliphatic rings. The normalized spacial score (nSPS) is 25.7. The predicted octanol–water partition coefficient (Wildman–Crippen LogP) is 6.31. The number of aliphatic imine (C=N–C) groups is 1. The zero-order chi connectivity index (χ0) is 32.6. The minimum absolute atomic E-state index is 0.147. The van der Waals surface area contributed by atoms with E-state index in [4.69, 9.17) is 22.7 Å². The standard InChI is InChI=1S/C31H56N6O5Si2/c1-19(2)13-36(14-20(3)4)17-35-29-26-30(33-16-32-29)37(18-34-26)31-27(38)28-25(40-31)15-39-43(21(5)6,22(7)8)42-44(41-28,23(9)10)24(11)12/h16-25,27-28,31,38H,13-15H2,1-12H3/b35-17-/t25-,27-,28-,31-/m1/s1. The van der Waals surface area contributed by atoms with E-state index < -0.39 is 41.7 Å². The molecule has 4 heterocycles. The molecule has 0 spiro atoms. The summed E-state index contributed by atoms with van der Waals surface area (Å²) in [6.45, 7) is 28.4. The van der Waals surface area contributed by atoms with Crippen LogP contribution < -0.4 is 0 Å². The van der Waals surface area contributed by atoms with Crippen molar-refractivity contribution in [3.05, 3.63) is 12.7 Å². The third-order valence-corrected chi connectivity index (χ3v) is 19.0. The molecule has 2 aromatic heterocycles. The lowest BCUT2D eigenvalue weighted by Crippen LogP contribution is -2.65. The molecule has 11 nitrogen and oxygen atoms in total. The number of hydrogen-bond acceptors (Lipinski definition) is 9. The lowest BCUT2D eigenvalue weighted by molar-refractivity contribution is -0.0570. The maximum Gasteiger partial charge on any atom is 0.335 e. The van der Waals surface area contributed by atoms with Gasteiger partial charge in [-0.2, -0.15) is 0 Å². The van der Waals surface area contributed by atoms with Crippen LogP contribution in [0.15, 0.2) is 17.6 Å². The number of aromatic nitrogens is 4. The Hall–Kier alpha value is -1.75. The van der Waals surface area contributed by atoms with Crippen molar-refractivity contribution in [1.82, 2.24) is 24.4 Å². The minimum Gasteiger partial charge on any atom is -0.414 e. The number of hydrogen-bond donors (Lipinski definition) is 1. The Bertz CT molecular complexity index is 1240. The van der Waals surface area contributed by atoms with Gasteiger partial charge in [0.15, 0.2) is 23.2 Å². The zero-order valence-electron chi connectivity index (χ0n) is 28.9. The molecule has 0 bridgehead atoms. The maximum absolute atomic E-state index is 11.8. The average molecular weight is 649 g/mol. The molecular formula is C31H56N6O5Si2. The van der Waals surface area contributed by atoms with E-state index in [-0.39, 0.29) is 22.2 Å². The van der Waals surface area contributed by atoms with Crippen LogP contribution in [0.3, 0.4) is 0 Å². The summed E-state index contributed by atoms with van der Waals surface area (Å²) in [5.41, 5.74) is 1.84. The number of aliphatic hydroxyl groups is 1. The first kappa shape index (κ1) is 35.1. The number of imidazole rings is 1. The monoisotopic (exact) mass is 648 g/mol. The molecule has 1 N–H and O–H groups in total. The number of ether oxygens (including phenoxy) is 1. The molecule has 0 saturated carbocycles. The van der Waals surface area contributed by atoms with E-state index >= 15 is 0 Å². The minimum atomic E-state index is -2.91. The SMILES string of the molecule is CC(C)CN(/C=N\c1ncnc2c1ncn2[C@@H]1O[C@@H]2CO[Si](C(C)C)(C(C)C)O[Si](C(C)C)(C(C)C)O[C@H]2[C@H]1O)CC(C)C. The molecule has 0 radical (unpaired) electrons. The number of aliphatic hydroxyl groups excluding tert-OH is 1. The summed E-state index contributed by atoms with van der Waals surface area (Å²) in [6, 6.07) is 0. The number of rotatable bonds is 11. The van der Waals surface area contributed by atoms with E-state index in [0.717, 1.165) is 13.1 Å². The number of nitrogens with zero attached hydrogens (tertiary/aromatic N) is 6. The highest BCUT2D eigenvalue weighted by Gasteiger charge is 2.61. The first-order chi connectivity index (χ1) is 20.6. The highest BCUT2D eigenvalue weighted by Crippen LogP contribution is 2.48. The van der Waals surface area contributed by atoms with Crippen LogP contribution in [0.25, 0.3) is 11.2 Å². The van der Waals surface area contributed by atoms with Crippen molar-refractivity contribution in [2.24, 2.45) is 16.8 Å². The van der Waals surface area contributed by atoms with Crippen LogP contribution in [0.5, 0.6) is 0 Å². The van der Waals surface area contributed by atoms with Gasteiger partial charge in [-0.25, -0.2) is 19.9 Å². The third kappa shape index (κ3) is 6.84. The van der Waals surface area contributed by atoms with Crippen molar-refractivity contribution in [2.75, 3.05) is 19.7 Å². The maximum atomic E-state index is 11.8. The first-order valence-corrected chi connectivity index (χ1v) is 20.4. The van der Waals surface area contributed by atoms with Crippen LogP contribution >= 0.6 is 0 Å². The number of fused-ring (bicyclic) bond motifs is 2. The van der Waals surface area contributed by atoms with Gasteiger partial charge in [-0.3, -0.25) is 4.57 Å². The van der Waals surface area contributed by atoms with Crippen molar-refractivity contribution in [3.8, 4) is 0 Å². The average Bonchev–Trinajstić information content (AvgIpc) is 3.46. The van der Waals surface area contributed by atoms with Gasteiger partial charge >= 0.3 is 17.1 Å². The molecule has 248 valence electrons. The lowest BCUT2D eigenvalue weighted by atomic mass is 10.1. The van der Waals surface area contributed by atoms with Gasteiger partial charge in [-0.1, -0.05) is 83.1 Å². The van der Waals surface area contributed by atoms with Crippen LogP contribution in [0, 0.1) is 11.8 Å². The van der Waals surface area contributed by atoms with Crippen LogP contribution in [0.2, 0.25) is 22.2 Å². The second-order valence-corrected chi connectivity index (χ2v) is 23.5. The van der Waals surface area contributed by atoms with Gasteiger partial charge in [0.2, 0.25) is 0 Å². The van der Waals surface area contributed by atoms with E-state index in [0.29, 0.717) is 35.4 Å². The summed E-state index contributed by atoms with van der Waals surface area (Å²) in [4.78, 5) is 20.6. The highest BCUT2D eigenvalue weighted by molar-refractivity contribution is 6.84. The predicted molar refractivity (Wildman–Crippen MR) is 178 cm³/mol. The van der Waals surface area contributed by atoms with E-state index in [1.165, 1.54) is 6.33 Å². The van der Waals surface area contributed by atoms with Crippen molar-refractivity contribution in [2.45, 2.75) is 130 Å². The smallest absolute Gasteiger partial charge is 0.335 e. The Morgan fingerprint density at radius 1 is 0.909 bits per heavy atom. The van der Waals surface area contributed by atoms with E-state index in [1.54, 1.807) is 10.9 Å². The van der Waals surface area contributed by atoms with Crippen molar-refractivity contribution in [1.29, 1.82) is 0 Å². The van der Waals surface area contributed by atoms with Crippen LogP contribution in [0.4, 0.5) is 5.82 Å². The van der Waals surface area contributed by atoms with Gasteiger partial charge in [-0.15, -0.1) is 0 Å². The fourth-order valence-corrected chi connectivity index (χ4v) is 17.9. The van der Waals surface area contributed by atoms with Crippen molar-refractivity contribution in [3.63, 3.8) is 0 Å². The molecule has 2 fully saturated rings. The Morgan fingerprint density at radius 2 is 1.50 bits per heavy atom. The van der Waals surface area contributed by atoms with E-state index in [1.807, 2.05) is 6.34 Å². The second-order valence-electron chi connectivity index (χ2n) is 14.6. The summed E-state index contributed by atoms with van der Waals surface area (Å²) in [7, 11) is -5.63. The fourth-order valence-electron chi connectivity index (χ4n) is 6.73. The lowest BCUT2D eigenvalue weighted by Gasteiger charge is -2.51. The van der Waals surface area contributed by atoms with Crippen LogP contribution in [-0.4, -0.2) is 91.0 Å². The third-order valence-electron chi connectivity index (χ3n) is 8.80. The zero-order valence-corrected chi connectivity index (χ0v) is 30.9. The molecule has 4 rings (SSSR count). The Balaban J connectivity index is 1.69. The fraction of sp³-hybridized carbons (Fsp3) is 0.806. The molecule has 0 aliphatic carbocycles. The molecule has 4 atom stereocenters. The van der Waals surface area contributed by atoms with E-state index in [9.17, 15) is 5.11 Å². The highest BCUT2D eigenvalue weighted by atomic mass is 28.5. The van der Waals surface area contributed by atoms with Gasteiger partial charge < -0.3 is 27.7 Å². The van der Waals surface area contributed by atoms with Gasteiger partial charge in [-0.05, 0) is 34.0 Å². The van der Waals surface area contributed by atoms with Gasteiger partial charge in [0.1, 0.15) is 24.6 Å². The summed E-state index contributed by atoms with van der Waals surface area (Å²) < 4.78 is 29.6. The topological polar surface area (TPSA) is 116 Å². The molecular weight excluding hydrogens is 593 g/mol. The molecule has 0 aromatic carbocycles. The van der Waals surface area contributed by atoms with Gasteiger partial charge in [0.05, 0.1) is 19.3 Å². The Kier molecular flexibility index (Phi) is 11.1. The largest absolute Gasteiger partial charge is 0.414 e. The summed E-state index contributed by atoms with van der Waals surface area (Å²) >= 11 is 0. The van der Waals surface area contributed by atoms with E-state index in [2.05, 4.69) is 103 Å². The molecule has 44 heavy (non-hydrogen) atoms. The first-order valence-electron chi connectivity index (χ1n) is 16.4. The van der Waals surface area contributed by atoms with Crippen molar-refractivity contribution < 1.29 is 22.8 Å². The summed E-state index contributed by atoms with van der Waals surface area (Å²) in [6.07, 6.45) is 2.18. The Morgan fingerprint density at radius 3 is 2.05 bits per heavy atom. The molecule has 2 aliphatic heterocycles. The van der Waals surface area contributed by atoms with Crippen molar-refractivity contribution >= 4 is 40.4 Å². The molecule has 2 saturated heterocycles. The Labute approximate surface area is 266 Å². The van der Waals surface area contributed by atoms with Crippen LogP contribution in [0.1, 0.15) is 89.3 Å². The summed E-state index contributed by atoms with van der Waals surface area (Å²) in [5.74, 6) is 1.48. The quantitative estimate of drug-likeness (QED) is 0.170. The van der Waals surface area contributed by atoms with Crippen LogP contribution in [-0.2, 0) is 17.7 Å². The van der Waals surface area contributed by atoms with Gasteiger partial charge in [0.25, 0.3) is 0 Å². The molecule has 0 unspecified atom stereocenters. The molecule has 0 amide bonds. The summed E-state index contributed by atoms with van der Waals surface area (Å²) in [5, 5.41) is 11.8. The molecule has 13 heteroatoms. The van der Waals surface area contributed by atoms with Gasteiger partial charge in [0, 0.05) is 13.1 Å².